The van der Waals surface area contributed by atoms with E-state index in [-0.39, 0.29) is 6.61 Å². The van der Waals surface area contributed by atoms with Gasteiger partial charge in [-0.3, -0.25) is 0 Å². The lowest BCUT2D eigenvalue weighted by atomic mass is 10.2. The van der Waals surface area contributed by atoms with Gasteiger partial charge in [0.15, 0.2) is 12.4 Å². The van der Waals surface area contributed by atoms with Gasteiger partial charge in [0.2, 0.25) is 0 Å². The fraction of sp³-hybridized carbons (Fsp3) is 0.364. The molecule has 2 rings (SSSR count). The van der Waals surface area contributed by atoms with E-state index in [0.717, 1.165) is 12.1 Å². The lowest BCUT2D eigenvalue weighted by Crippen LogP contribution is -2.31. The molecule has 0 spiro atoms. The maximum absolute atomic E-state index is 10.9. The summed E-state index contributed by atoms with van der Waals surface area (Å²) >= 11 is 5.72. The van der Waals surface area contributed by atoms with Crippen molar-refractivity contribution in [3.05, 3.63) is 29.0 Å². The van der Waals surface area contributed by atoms with Crippen molar-refractivity contribution in [2.75, 3.05) is 13.2 Å². The van der Waals surface area contributed by atoms with Gasteiger partial charge in [0, 0.05) is 19.3 Å². The number of nitrogens with zero attached hydrogens (tertiary/aromatic N) is 3. The topological polar surface area (TPSA) is 54.8 Å². The van der Waals surface area contributed by atoms with Crippen LogP contribution in [0.4, 0.5) is 4.79 Å². The van der Waals surface area contributed by atoms with Crippen molar-refractivity contribution in [1.82, 2.24) is 9.88 Å². The first kappa shape index (κ1) is 11.9. The third kappa shape index (κ3) is 2.94. The van der Waals surface area contributed by atoms with Crippen molar-refractivity contribution < 1.29 is 9.53 Å². The van der Waals surface area contributed by atoms with Crippen LogP contribution in [0.25, 0.3) is 0 Å². The first-order valence-corrected chi connectivity index (χ1v) is 5.66. The number of aromatic nitrogens is 1. The van der Waals surface area contributed by atoms with Gasteiger partial charge in [-0.25, -0.2) is 9.78 Å². The number of carbonyl (C=O) groups is 1. The standard InChI is InChI=1S/C11H12ClN3O2/c1-2-15(10-7-17-11(16)14-10)6-8-3-4-9(12)13-5-8/h3-5H,2,6-7H2,1H3. The number of amides is 1. The zero-order valence-electron chi connectivity index (χ0n) is 9.39. The van der Waals surface area contributed by atoms with Crippen LogP contribution in [-0.2, 0) is 11.3 Å². The van der Waals surface area contributed by atoms with Gasteiger partial charge in [-0.15, -0.1) is 0 Å². The number of aliphatic imine (C=N–C) groups is 1. The van der Waals surface area contributed by atoms with Gasteiger partial charge in [-0.1, -0.05) is 17.7 Å². The molecule has 0 saturated heterocycles. The van der Waals surface area contributed by atoms with Crippen molar-refractivity contribution in [2.24, 2.45) is 4.99 Å². The first-order chi connectivity index (χ1) is 8.19. The zero-order chi connectivity index (χ0) is 12.3. The third-order valence-electron chi connectivity index (χ3n) is 2.45. The summed E-state index contributed by atoms with van der Waals surface area (Å²) in [7, 11) is 0. The van der Waals surface area contributed by atoms with E-state index in [1.165, 1.54) is 0 Å². The number of hydrogen-bond acceptors (Lipinski definition) is 4. The van der Waals surface area contributed by atoms with Crippen LogP contribution in [-0.4, -0.2) is 35.0 Å². The van der Waals surface area contributed by atoms with Crippen molar-refractivity contribution in [2.45, 2.75) is 13.5 Å². The van der Waals surface area contributed by atoms with Crippen molar-refractivity contribution >= 4 is 23.5 Å². The number of ether oxygens (including phenoxy) is 1. The summed E-state index contributed by atoms with van der Waals surface area (Å²) in [6.07, 6.45) is 1.19. The minimum absolute atomic E-state index is 0.244. The van der Waals surface area contributed by atoms with Crippen LogP contribution in [0.1, 0.15) is 12.5 Å². The number of hydrogen-bond donors (Lipinski definition) is 0. The van der Waals surface area contributed by atoms with Gasteiger partial charge in [0.25, 0.3) is 0 Å². The molecular formula is C11H12ClN3O2. The second kappa shape index (κ2) is 5.14. The highest BCUT2D eigenvalue weighted by Crippen LogP contribution is 2.10. The summed E-state index contributed by atoms with van der Waals surface area (Å²) in [5.74, 6) is 0.660. The highest BCUT2D eigenvalue weighted by atomic mass is 35.5. The molecule has 1 aromatic heterocycles. The van der Waals surface area contributed by atoms with Gasteiger partial charge in [-0.05, 0) is 18.6 Å². The molecule has 1 aliphatic rings. The Morgan fingerprint density at radius 2 is 2.35 bits per heavy atom. The summed E-state index contributed by atoms with van der Waals surface area (Å²) in [6.45, 7) is 3.62. The van der Waals surface area contributed by atoms with Gasteiger partial charge < -0.3 is 9.64 Å². The van der Waals surface area contributed by atoms with E-state index in [4.69, 9.17) is 16.3 Å². The Bertz CT molecular complexity index is 445. The van der Waals surface area contributed by atoms with E-state index in [1.807, 2.05) is 17.9 Å². The molecule has 0 saturated carbocycles. The minimum Gasteiger partial charge on any atom is -0.440 e. The molecule has 0 unspecified atom stereocenters. The number of amidine groups is 1. The first-order valence-electron chi connectivity index (χ1n) is 5.28. The average molecular weight is 254 g/mol. The second-order valence-corrected chi connectivity index (χ2v) is 3.97. The van der Waals surface area contributed by atoms with Gasteiger partial charge in [0.05, 0.1) is 0 Å². The van der Waals surface area contributed by atoms with E-state index in [0.29, 0.717) is 17.5 Å². The highest BCUT2D eigenvalue weighted by Gasteiger charge is 2.20. The van der Waals surface area contributed by atoms with E-state index < -0.39 is 6.09 Å². The molecule has 0 N–H and O–H groups in total. The Kier molecular flexibility index (Phi) is 3.58. The smallest absolute Gasteiger partial charge is 0.435 e. The molecule has 0 fully saturated rings. The molecule has 6 heteroatoms. The molecule has 0 aromatic carbocycles. The fourth-order valence-electron chi connectivity index (χ4n) is 1.56. The molecule has 1 aromatic rings. The number of halogens is 1. The summed E-state index contributed by atoms with van der Waals surface area (Å²) < 4.78 is 4.78. The third-order valence-corrected chi connectivity index (χ3v) is 2.68. The predicted octanol–water partition coefficient (Wildman–Crippen LogP) is 2.11. The Morgan fingerprint density at radius 1 is 1.53 bits per heavy atom. The van der Waals surface area contributed by atoms with Crippen LogP contribution in [0.5, 0.6) is 0 Å². The summed E-state index contributed by atoms with van der Waals surface area (Å²) in [5.41, 5.74) is 1.01. The number of rotatable bonds is 3. The maximum Gasteiger partial charge on any atom is 0.435 e. The molecule has 0 aliphatic carbocycles. The number of carbonyl (C=O) groups excluding carboxylic acids is 1. The largest absolute Gasteiger partial charge is 0.440 e. The number of pyridine rings is 1. The molecule has 0 atom stereocenters. The molecule has 1 amide bonds. The Balaban J connectivity index is 2.07. The second-order valence-electron chi connectivity index (χ2n) is 3.59. The fourth-order valence-corrected chi connectivity index (χ4v) is 1.68. The SMILES string of the molecule is CCN(Cc1ccc(Cl)nc1)C1=NC(=O)OC1. The number of likely N-dealkylation sites (N-methyl/N-ethyl adjacent to an activating group) is 1. The van der Waals surface area contributed by atoms with Crippen LogP contribution in [0.3, 0.4) is 0 Å². The van der Waals surface area contributed by atoms with Crippen molar-refractivity contribution in [1.29, 1.82) is 0 Å². The van der Waals surface area contributed by atoms with Gasteiger partial charge >= 0.3 is 6.09 Å². The molecule has 90 valence electrons. The van der Waals surface area contributed by atoms with Crippen LogP contribution in [0, 0.1) is 0 Å². The van der Waals surface area contributed by atoms with Crippen LogP contribution in [0.2, 0.25) is 5.15 Å². The van der Waals surface area contributed by atoms with Crippen LogP contribution in [0.15, 0.2) is 23.3 Å². The van der Waals surface area contributed by atoms with Crippen LogP contribution < -0.4 is 0 Å². The summed E-state index contributed by atoms with van der Waals surface area (Å²) in [6, 6.07) is 3.64. The molecule has 0 bridgehead atoms. The number of cyclic esters (lactones) is 1. The summed E-state index contributed by atoms with van der Waals surface area (Å²) in [5, 5.41) is 0.466. The van der Waals surface area contributed by atoms with Crippen molar-refractivity contribution in [3.8, 4) is 0 Å². The monoisotopic (exact) mass is 253 g/mol. The van der Waals surface area contributed by atoms with Gasteiger partial charge in [-0.2, -0.15) is 4.99 Å². The average Bonchev–Trinajstić information content (AvgIpc) is 2.75. The minimum atomic E-state index is -0.521. The Morgan fingerprint density at radius 3 is 2.88 bits per heavy atom. The van der Waals surface area contributed by atoms with E-state index in [9.17, 15) is 4.79 Å². The maximum atomic E-state index is 10.9. The molecule has 5 nitrogen and oxygen atoms in total. The van der Waals surface area contributed by atoms with E-state index in [1.54, 1.807) is 12.3 Å². The van der Waals surface area contributed by atoms with Crippen LogP contribution >= 0.6 is 11.6 Å². The molecule has 17 heavy (non-hydrogen) atoms. The van der Waals surface area contributed by atoms with E-state index in [2.05, 4.69) is 9.98 Å². The zero-order valence-corrected chi connectivity index (χ0v) is 10.1. The Labute approximate surface area is 104 Å². The lowest BCUT2D eigenvalue weighted by Gasteiger charge is -2.21. The predicted molar refractivity (Wildman–Crippen MR) is 64.1 cm³/mol. The highest BCUT2D eigenvalue weighted by molar-refractivity contribution is 6.29. The molecular weight excluding hydrogens is 242 g/mol. The molecule has 2 heterocycles. The Hall–Kier alpha value is -1.62. The van der Waals surface area contributed by atoms with Gasteiger partial charge in [0.1, 0.15) is 5.15 Å². The van der Waals surface area contributed by atoms with E-state index >= 15 is 0 Å². The van der Waals surface area contributed by atoms with Crippen molar-refractivity contribution in [3.63, 3.8) is 0 Å². The molecule has 1 aliphatic heterocycles. The summed E-state index contributed by atoms with van der Waals surface area (Å²) in [4.78, 5) is 20.7. The molecule has 0 radical (unpaired) electrons. The normalized spacial score (nSPS) is 14.5. The quantitative estimate of drug-likeness (QED) is 0.774. The lowest BCUT2D eigenvalue weighted by molar-refractivity contribution is 0.179.